The lowest BCUT2D eigenvalue weighted by atomic mass is 10.1. The van der Waals surface area contributed by atoms with Crippen LogP contribution in [0.5, 0.6) is 0 Å². The Bertz CT molecular complexity index is 960. The van der Waals surface area contributed by atoms with Crippen LogP contribution in [0.15, 0.2) is 41.4 Å². The summed E-state index contributed by atoms with van der Waals surface area (Å²) in [6.45, 7) is 3.24. The van der Waals surface area contributed by atoms with E-state index < -0.39 is 0 Å². The Labute approximate surface area is 166 Å². The molecule has 2 atom stereocenters. The third-order valence-corrected chi connectivity index (χ3v) is 5.99. The average Bonchev–Trinajstić information content (AvgIpc) is 3.02. The fourth-order valence-electron chi connectivity index (χ4n) is 3.40. The Kier molecular flexibility index (Phi) is 4.80. The lowest BCUT2D eigenvalue weighted by Crippen LogP contribution is -2.45. The zero-order valence-electron chi connectivity index (χ0n) is 15.5. The van der Waals surface area contributed by atoms with Crippen molar-refractivity contribution in [1.29, 1.82) is 0 Å². The molecule has 4 rings (SSSR count). The summed E-state index contributed by atoms with van der Waals surface area (Å²) >= 11 is 1.66. The number of Topliss-reactive ketones (excluding diaryl/α,β-unsaturated/α-hetero) is 1. The van der Waals surface area contributed by atoms with Crippen LogP contribution in [-0.2, 0) is 9.53 Å². The maximum absolute atomic E-state index is 12.4. The number of carbonyl (C=O) groups excluding carboxylic acids is 3. The molecule has 8 heteroatoms. The summed E-state index contributed by atoms with van der Waals surface area (Å²) in [6, 6.07) is 9.33. The number of rotatable bonds is 4. The summed E-state index contributed by atoms with van der Waals surface area (Å²) in [5.74, 6) is 0.473. The second-order valence-corrected chi connectivity index (χ2v) is 7.84. The molecule has 0 unspecified atom stereocenters. The Morgan fingerprint density at radius 3 is 2.71 bits per heavy atom. The van der Waals surface area contributed by atoms with E-state index >= 15 is 0 Å². The maximum atomic E-state index is 12.4. The Morgan fingerprint density at radius 1 is 1.25 bits per heavy atom. The maximum Gasteiger partial charge on any atom is 0.415 e. The Hall–Kier alpha value is -2.87. The number of nitrogens with one attached hydrogen (secondary N) is 1. The lowest BCUT2D eigenvalue weighted by Gasteiger charge is -2.31. The van der Waals surface area contributed by atoms with Gasteiger partial charge in [-0.3, -0.25) is 19.5 Å². The van der Waals surface area contributed by atoms with Crippen molar-refractivity contribution in [2.75, 3.05) is 17.2 Å². The number of hydrogen-bond acceptors (Lipinski definition) is 6. The van der Waals surface area contributed by atoms with Crippen molar-refractivity contribution >= 4 is 35.2 Å². The first kappa shape index (κ1) is 18.5. The number of carbonyl (C=O) groups is 3. The number of ketones is 1. The second kappa shape index (κ2) is 7.27. The minimum atomic E-state index is -0.387. The van der Waals surface area contributed by atoms with Gasteiger partial charge in [-0.15, -0.1) is 11.8 Å². The predicted molar refractivity (Wildman–Crippen MR) is 106 cm³/mol. The SMILES string of the molecule is CC(=O)NC[C@@H]1OC(=O)N2c3ccc(-c4ccc(C(C)=O)nc4)cc3SC[C@@H]12. The number of thioether (sulfide) groups is 1. The molecular formula is C20H19N3O4S. The number of cyclic esters (lactones) is 1. The smallest absolute Gasteiger partial charge is 0.415 e. The van der Waals surface area contributed by atoms with E-state index in [1.165, 1.54) is 13.8 Å². The van der Waals surface area contributed by atoms with Crippen LogP contribution in [0.3, 0.4) is 0 Å². The van der Waals surface area contributed by atoms with Crippen LogP contribution < -0.4 is 10.2 Å². The van der Waals surface area contributed by atoms with Gasteiger partial charge in [0.2, 0.25) is 5.91 Å². The normalized spacial score (nSPS) is 20.2. The summed E-state index contributed by atoms with van der Waals surface area (Å²) in [4.78, 5) is 41.9. The van der Waals surface area contributed by atoms with Gasteiger partial charge in [0, 0.05) is 36.3 Å². The molecule has 28 heavy (non-hydrogen) atoms. The van der Waals surface area contributed by atoms with Gasteiger partial charge in [0.05, 0.1) is 18.3 Å². The van der Waals surface area contributed by atoms with Crippen LogP contribution in [0.2, 0.25) is 0 Å². The largest absolute Gasteiger partial charge is 0.442 e. The van der Waals surface area contributed by atoms with Crippen LogP contribution in [0, 0.1) is 0 Å². The van der Waals surface area contributed by atoms with E-state index in [-0.39, 0.29) is 29.9 Å². The van der Waals surface area contributed by atoms with Crippen LogP contribution in [-0.4, -0.2) is 47.2 Å². The number of pyridine rings is 1. The van der Waals surface area contributed by atoms with E-state index in [1.807, 2.05) is 24.3 Å². The van der Waals surface area contributed by atoms with E-state index in [0.717, 1.165) is 21.7 Å². The van der Waals surface area contributed by atoms with Crippen LogP contribution in [0.25, 0.3) is 11.1 Å². The number of fused-ring (bicyclic) bond motifs is 3. The molecule has 1 N–H and O–H groups in total. The van der Waals surface area contributed by atoms with Crippen LogP contribution >= 0.6 is 11.8 Å². The third-order valence-electron chi connectivity index (χ3n) is 4.85. The molecule has 0 saturated carbocycles. The predicted octanol–water partition coefficient (Wildman–Crippen LogP) is 2.89. The van der Waals surface area contributed by atoms with Crippen molar-refractivity contribution in [3.05, 3.63) is 42.2 Å². The molecule has 2 aromatic rings. The van der Waals surface area contributed by atoms with E-state index in [9.17, 15) is 14.4 Å². The molecular weight excluding hydrogens is 378 g/mol. The molecule has 2 aliphatic rings. The number of amides is 2. The van der Waals surface area contributed by atoms with E-state index in [2.05, 4.69) is 10.3 Å². The molecule has 0 aliphatic carbocycles. The van der Waals surface area contributed by atoms with Gasteiger partial charge < -0.3 is 10.1 Å². The highest BCUT2D eigenvalue weighted by atomic mass is 32.2. The monoisotopic (exact) mass is 397 g/mol. The zero-order valence-corrected chi connectivity index (χ0v) is 16.3. The summed E-state index contributed by atoms with van der Waals surface area (Å²) in [7, 11) is 0. The van der Waals surface area contributed by atoms with Crippen molar-refractivity contribution in [3.8, 4) is 11.1 Å². The molecule has 1 aromatic carbocycles. The highest BCUT2D eigenvalue weighted by Gasteiger charge is 2.45. The summed E-state index contributed by atoms with van der Waals surface area (Å²) in [5, 5.41) is 2.73. The molecule has 1 saturated heterocycles. The molecule has 3 heterocycles. The first-order valence-electron chi connectivity index (χ1n) is 8.92. The van der Waals surface area contributed by atoms with Gasteiger partial charge in [-0.05, 0) is 23.8 Å². The second-order valence-electron chi connectivity index (χ2n) is 6.78. The molecule has 1 aromatic heterocycles. The first-order valence-corrected chi connectivity index (χ1v) is 9.91. The highest BCUT2D eigenvalue weighted by Crippen LogP contribution is 2.43. The summed E-state index contributed by atoms with van der Waals surface area (Å²) < 4.78 is 5.48. The van der Waals surface area contributed by atoms with Gasteiger partial charge in [-0.1, -0.05) is 12.1 Å². The number of aromatic nitrogens is 1. The Morgan fingerprint density at radius 2 is 2.04 bits per heavy atom. The number of nitrogens with zero attached hydrogens (tertiary/aromatic N) is 2. The van der Waals surface area contributed by atoms with Gasteiger partial charge in [0.25, 0.3) is 0 Å². The summed E-state index contributed by atoms with van der Waals surface area (Å²) in [6.07, 6.45) is 0.935. The topological polar surface area (TPSA) is 88.6 Å². The molecule has 0 radical (unpaired) electrons. The van der Waals surface area contributed by atoms with E-state index in [0.29, 0.717) is 18.0 Å². The zero-order chi connectivity index (χ0) is 19.8. The summed E-state index contributed by atoms with van der Waals surface area (Å²) in [5.41, 5.74) is 3.12. The third kappa shape index (κ3) is 3.35. The fraction of sp³-hybridized carbons (Fsp3) is 0.300. The fourth-order valence-corrected chi connectivity index (χ4v) is 4.64. The minimum absolute atomic E-state index is 0.0695. The molecule has 2 aliphatic heterocycles. The van der Waals surface area contributed by atoms with Crippen LogP contribution in [0.1, 0.15) is 24.3 Å². The average molecular weight is 397 g/mol. The number of hydrogen-bond donors (Lipinski definition) is 1. The number of ether oxygens (including phenoxy) is 1. The molecule has 1 fully saturated rings. The molecule has 0 spiro atoms. The Balaban J connectivity index is 1.59. The first-order chi connectivity index (χ1) is 13.4. The van der Waals surface area contributed by atoms with Crippen molar-refractivity contribution in [2.45, 2.75) is 30.9 Å². The quantitative estimate of drug-likeness (QED) is 0.798. The van der Waals surface area contributed by atoms with E-state index in [4.69, 9.17) is 4.74 Å². The standard InChI is InChI=1S/C20H19N3O4S/c1-11(24)15-5-3-14(8-22-15)13-4-6-16-19(7-13)28-10-17-18(9-21-12(2)25)27-20(26)23(16)17/h3-8,17-18H,9-10H2,1-2H3,(H,21,25)/t17-,18-/m0/s1. The lowest BCUT2D eigenvalue weighted by molar-refractivity contribution is -0.119. The van der Waals surface area contributed by atoms with Crippen molar-refractivity contribution in [3.63, 3.8) is 0 Å². The minimum Gasteiger partial charge on any atom is -0.442 e. The molecule has 2 amide bonds. The van der Waals surface area contributed by atoms with Gasteiger partial charge in [-0.25, -0.2) is 4.79 Å². The van der Waals surface area contributed by atoms with E-state index in [1.54, 1.807) is 28.9 Å². The molecule has 144 valence electrons. The van der Waals surface area contributed by atoms with Crippen molar-refractivity contribution in [1.82, 2.24) is 10.3 Å². The number of anilines is 1. The highest BCUT2D eigenvalue weighted by molar-refractivity contribution is 7.99. The van der Waals surface area contributed by atoms with Crippen molar-refractivity contribution in [2.24, 2.45) is 0 Å². The van der Waals surface area contributed by atoms with Gasteiger partial charge in [-0.2, -0.15) is 0 Å². The molecule has 7 nitrogen and oxygen atoms in total. The van der Waals surface area contributed by atoms with Gasteiger partial charge in [0.15, 0.2) is 5.78 Å². The molecule has 0 bridgehead atoms. The van der Waals surface area contributed by atoms with Crippen molar-refractivity contribution < 1.29 is 19.1 Å². The van der Waals surface area contributed by atoms with Gasteiger partial charge >= 0.3 is 6.09 Å². The van der Waals surface area contributed by atoms with Gasteiger partial charge in [0.1, 0.15) is 11.8 Å². The number of benzene rings is 1. The van der Waals surface area contributed by atoms with Crippen LogP contribution in [0.4, 0.5) is 10.5 Å².